The van der Waals surface area contributed by atoms with Crippen LogP contribution in [0.1, 0.15) is 38.5 Å². The van der Waals surface area contributed by atoms with Crippen LogP contribution in [0.3, 0.4) is 0 Å². The molecule has 4 bridgehead atoms. The van der Waals surface area contributed by atoms with Gasteiger partial charge in [0, 0.05) is 0 Å². The van der Waals surface area contributed by atoms with Crippen molar-refractivity contribution in [3.05, 3.63) is 23.3 Å². The van der Waals surface area contributed by atoms with Crippen molar-refractivity contribution < 1.29 is 0 Å². The molecule has 0 aromatic rings. The van der Waals surface area contributed by atoms with Gasteiger partial charge in [0.2, 0.25) is 0 Å². The van der Waals surface area contributed by atoms with Crippen LogP contribution in [0.25, 0.3) is 0 Å². The van der Waals surface area contributed by atoms with Gasteiger partial charge in [-0.15, -0.1) is 23.2 Å². The van der Waals surface area contributed by atoms with Gasteiger partial charge in [-0.25, -0.2) is 0 Å². The second kappa shape index (κ2) is 3.77. The summed E-state index contributed by atoms with van der Waals surface area (Å²) in [6.45, 7) is 0. The van der Waals surface area contributed by atoms with Gasteiger partial charge in [-0.2, -0.15) is 5.26 Å². The van der Waals surface area contributed by atoms with Gasteiger partial charge in [-0.05, 0) is 43.3 Å². The monoisotopic (exact) mass is 267 g/mol. The quantitative estimate of drug-likeness (QED) is 0.474. The third-order valence-corrected chi connectivity index (χ3v) is 5.50. The predicted molar refractivity (Wildman–Crippen MR) is 70.1 cm³/mol. The van der Waals surface area contributed by atoms with Crippen molar-refractivity contribution in [2.24, 2.45) is 5.92 Å². The predicted octanol–water partition coefficient (Wildman–Crippen LogP) is 4.32. The number of allylic oxidation sites excluding steroid dienone is 4. The molecule has 0 aromatic carbocycles. The van der Waals surface area contributed by atoms with Crippen LogP contribution in [0.2, 0.25) is 0 Å². The van der Waals surface area contributed by atoms with Crippen molar-refractivity contribution in [2.75, 3.05) is 0 Å². The molecule has 1 fully saturated rings. The number of fused-ring (bicyclic) bond motifs is 1. The molecule has 1 atom stereocenters. The van der Waals surface area contributed by atoms with Gasteiger partial charge >= 0.3 is 0 Å². The van der Waals surface area contributed by atoms with E-state index in [9.17, 15) is 5.26 Å². The molecule has 0 saturated heterocycles. The molecule has 3 heteroatoms. The van der Waals surface area contributed by atoms with Gasteiger partial charge in [0.15, 0.2) is 0 Å². The SMILES string of the molecule is N#CC1CC2(Cl)C3=CC1(Cl)C=C2CCCCC3. The van der Waals surface area contributed by atoms with E-state index in [1.54, 1.807) is 0 Å². The Kier molecular flexibility index (Phi) is 2.58. The van der Waals surface area contributed by atoms with Gasteiger partial charge in [-0.1, -0.05) is 18.6 Å². The normalized spacial score (nSPS) is 44.2. The summed E-state index contributed by atoms with van der Waals surface area (Å²) in [5, 5.41) is 9.23. The second-order valence-electron chi connectivity index (χ2n) is 5.41. The largest absolute Gasteiger partial charge is 0.198 e. The van der Waals surface area contributed by atoms with Crippen LogP contribution < -0.4 is 0 Å². The highest BCUT2D eigenvalue weighted by atomic mass is 35.5. The zero-order chi connectivity index (χ0) is 12.1. The van der Waals surface area contributed by atoms with Crippen molar-refractivity contribution in [3.63, 3.8) is 0 Å². The van der Waals surface area contributed by atoms with E-state index < -0.39 is 9.75 Å². The van der Waals surface area contributed by atoms with Gasteiger partial charge in [-0.3, -0.25) is 0 Å². The number of alkyl halides is 2. The van der Waals surface area contributed by atoms with Gasteiger partial charge < -0.3 is 0 Å². The van der Waals surface area contributed by atoms with E-state index in [2.05, 4.69) is 18.2 Å². The zero-order valence-corrected chi connectivity index (χ0v) is 11.2. The van der Waals surface area contributed by atoms with Crippen LogP contribution in [0.5, 0.6) is 0 Å². The van der Waals surface area contributed by atoms with Crippen LogP contribution in [0.4, 0.5) is 0 Å². The lowest BCUT2D eigenvalue weighted by atomic mass is 9.63. The summed E-state index contributed by atoms with van der Waals surface area (Å²) in [7, 11) is 0. The Balaban J connectivity index is 2.12. The number of hydrogen-bond donors (Lipinski definition) is 0. The molecule has 17 heavy (non-hydrogen) atoms. The molecule has 4 aliphatic rings. The molecule has 90 valence electrons. The lowest BCUT2D eigenvalue weighted by Crippen LogP contribution is -2.48. The first kappa shape index (κ1) is 11.6. The maximum absolute atomic E-state index is 9.23. The van der Waals surface area contributed by atoms with Gasteiger partial charge in [0.1, 0.15) is 0 Å². The smallest absolute Gasteiger partial charge is 0.0971 e. The van der Waals surface area contributed by atoms with E-state index in [4.69, 9.17) is 23.2 Å². The maximum Gasteiger partial charge on any atom is 0.0971 e. The Hall–Kier alpha value is -0.450. The number of nitrogens with zero attached hydrogens (tertiary/aromatic N) is 1. The summed E-state index contributed by atoms with van der Waals surface area (Å²) in [5.74, 6) is -0.186. The minimum absolute atomic E-state index is 0.186. The Morgan fingerprint density at radius 2 is 1.71 bits per heavy atom. The molecule has 0 aromatic heterocycles. The number of hydrogen-bond acceptors (Lipinski definition) is 1. The topological polar surface area (TPSA) is 23.8 Å². The Morgan fingerprint density at radius 1 is 1.12 bits per heavy atom. The van der Waals surface area contributed by atoms with Crippen LogP contribution in [-0.4, -0.2) is 9.75 Å². The van der Waals surface area contributed by atoms with Crippen molar-refractivity contribution in [1.29, 1.82) is 5.26 Å². The molecular weight excluding hydrogens is 253 g/mol. The van der Waals surface area contributed by atoms with Crippen molar-refractivity contribution >= 4 is 23.2 Å². The lowest BCUT2D eigenvalue weighted by Gasteiger charge is -2.49. The highest BCUT2D eigenvalue weighted by Gasteiger charge is 2.53. The van der Waals surface area contributed by atoms with Crippen LogP contribution in [0, 0.1) is 17.2 Å². The fraction of sp³-hybridized carbons (Fsp3) is 0.643. The summed E-state index contributed by atoms with van der Waals surface area (Å²) in [6, 6.07) is 2.32. The first-order chi connectivity index (χ1) is 8.08. The zero-order valence-electron chi connectivity index (χ0n) is 9.68. The Bertz CT molecular complexity index is 431. The van der Waals surface area contributed by atoms with Crippen LogP contribution in [-0.2, 0) is 0 Å². The fourth-order valence-electron chi connectivity index (χ4n) is 3.40. The molecule has 1 nitrogen and oxygen atoms in total. The fourth-order valence-corrected chi connectivity index (χ4v) is 4.25. The van der Waals surface area contributed by atoms with E-state index >= 15 is 0 Å². The molecule has 1 unspecified atom stereocenters. The summed E-state index contributed by atoms with van der Waals surface area (Å²) < 4.78 is 0. The summed E-state index contributed by atoms with van der Waals surface area (Å²) in [4.78, 5) is -0.981. The number of rotatable bonds is 0. The average Bonchev–Trinajstić information content (AvgIpc) is 2.30. The van der Waals surface area contributed by atoms with Crippen molar-refractivity contribution in [3.8, 4) is 6.07 Å². The summed E-state index contributed by atoms with van der Waals surface area (Å²) >= 11 is 13.5. The second-order valence-corrected chi connectivity index (χ2v) is 6.71. The van der Waals surface area contributed by atoms with E-state index in [-0.39, 0.29) is 5.92 Å². The Labute approximate surface area is 112 Å². The maximum atomic E-state index is 9.23. The van der Waals surface area contributed by atoms with E-state index in [0.717, 1.165) is 12.8 Å². The molecule has 0 aliphatic heterocycles. The first-order valence-electron chi connectivity index (χ1n) is 6.30. The molecule has 4 aliphatic carbocycles. The number of nitriles is 1. The van der Waals surface area contributed by atoms with E-state index in [1.807, 2.05) is 0 Å². The van der Waals surface area contributed by atoms with Crippen molar-refractivity contribution in [2.45, 2.75) is 48.3 Å². The van der Waals surface area contributed by atoms with E-state index in [0.29, 0.717) is 6.42 Å². The molecule has 0 amide bonds. The van der Waals surface area contributed by atoms with Crippen LogP contribution in [0.15, 0.2) is 23.3 Å². The summed E-state index contributed by atoms with van der Waals surface area (Å²) in [5.41, 5.74) is 2.52. The third kappa shape index (κ3) is 1.58. The van der Waals surface area contributed by atoms with Crippen LogP contribution >= 0.6 is 23.2 Å². The third-order valence-electron chi connectivity index (χ3n) is 4.38. The first-order valence-corrected chi connectivity index (χ1v) is 7.06. The molecule has 4 rings (SSSR count). The highest BCUT2D eigenvalue weighted by Crippen LogP contribution is 2.57. The standard InChI is InChI=1S/C14H15Cl2N/c15-13-6-10-4-2-1-3-5-11(7-13)14(10,16)8-12(13)9-17/h6-7,12H,1-5,8H2. The summed E-state index contributed by atoms with van der Waals surface area (Å²) in [6.07, 6.45) is 10.5. The molecule has 0 heterocycles. The molecule has 0 N–H and O–H groups in total. The van der Waals surface area contributed by atoms with E-state index in [1.165, 1.54) is 30.4 Å². The Morgan fingerprint density at radius 3 is 2.24 bits per heavy atom. The molecular formula is C14H15Cl2N. The average molecular weight is 268 g/mol. The lowest BCUT2D eigenvalue weighted by molar-refractivity contribution is 0.405. The van der Waals surface area contributed by atoms with Gasteiger partial charge in [0.05, 0.1) is 21.7 Å². The minimum Gasteiger partial charge on any atom is -0.198 e. The molecule has 1 saturated carbocycles. The van der Waals surface area contributed by atoms with Crippen molar-refractivity contribution in [1.82, 2.24) is 0 Å². The number of halogens is 2. The van der Waals surface area contributed by atoms with Gasteiger partial charge in [0.25, 0.3) is 0 Å². The highest BCUT2D eigenvalue weighted by molar-refractivity contribution is 6.32. The molecule has 0 radical (unpaired) electrons. The molecule has 0 spiro atoms. The minimum atomic E-state index is -0.590.